The van der Waals surface area contributed by atoms with E-state index < -0.39 is 5.41 Å². The van der Waals surface area contributed by atoms with Gasteiger partial charge in [0.2, 0.25) is 0 Å². The second-order valence-corrected chi connectivity index (χ2v) is 12.6. The summed E-state index contributed by atoms with van der Waals surface area (Å²) >= 11 is 0. The predicted octanol–water partition coefficient (Wildman–Crippen LogP) is 11.9. The van der Waals surface area contributed by atoms with E-state index in [-0.39, 0.29) is 5.82 Å². The summed E-state index contributed by atoms with van der Waals surface area (Å²) in [7, 11) is 0. The van der Waals surface area contributed by atoms with Crippen LogP contribution in [0.5, 0.6) is 0 Å². The van der Waals surface area contributed by atoms with Crippen molar-refractivity contribution >= 4 is 38.6 Å². The highest BCUT2D eigenvalue weighted by molar-refractivity contribution is 6.16. The van der Waals surface area contributed by atoms with Crippen molar-refractivity contribution in [1.29, 1.82) is 0 Å². The summed E-state index contributed by atoms with van der Waals surface area (Å²) in [4.78, 5) is 2.22. The summed E-state index contributed by atoms with van der Waals surface area (Å²) in [5.41, 5.74) is 12.5. The van der Waals surface area contributed by atoms with Gasteiger partial charge in [-0.2, -0.15) is 0 Å². The Bertz CT molecular complexity index is 2500. The highest BCUT2D eigenvalue weighted by Gasteiger charge is 2.52. The number of rotatable bonds is 3. The normalized spacial score (nSPS) is 13.4. The molecular weight excluding hydrogens is 574 g/mol. The molecule has 2 aliphatic carbocycles. The third-order valence-corrected chi connectivity index (χ3v) is 10.3. The molecule has 0 radical (unpaired) electrons. The molecule has 0 fully saturated rings. The topological polar surface area (TPSA) is 3.24 Å². The summed E-state index contributed by atoms with van der Waals surface area (Å²) in [6, 6.07) is 59.7. The van der Waals surface area contributed by atoms with Crippen molar-refractivity contribution in [3.8, 4) is 22.3 Å². The minimum Gasteiger partial charge on any atom is -0.310 e. The van der Waals surface area contributed by atoms with E-state index in [2.05, 4.69) is 132 Å². The highest BCUT2D eigenvalue weighted by Crippen LogP contribution is 2.65. The molecule has 0 aliphatic heterocycles. The van der Waals surface area contributed by atoms with E-state index >= 15 is 0 Å². The molecule has 0 atom stereocenters. The lowest BCUT2D eigenvalue weighted by atomic mass is 9.70. The van der Waals surface area contributed by atoms with Crippen LogP contribution in [-0.2, 0) is 5.41 Å². The number of anilines is 3. The Balaban J connectivity index is 1.42. The Kier molecular flexibility index (Phi) is 5.45. The largest absolute Gasteiger partial charge is 0.310 e. The zero-order chi connectivity index (χ0) is 31.1. The fourth-order valence-electron chi connectivity index (χ4n) is 8.54. The van der Waals surface area contributed by atoms with Crippen LogP contribution < -0.4 is 4.90 Å². The van der Waals surface area contributed by atoms with Crippen molar-refractivity contribution in [1.82, 2.24) is 0 Å². The third-order valence-electron chi connectivity index (χ3n) is 10.3. The molecule has 10 rings (SSSR count). The fraction of sp³-hybridized carbons (Fsp3) is 0.0222. The monoisotopic (exact) mass is 601 g/mol. The van der Waals surface area contributed by atoms with Crippen LogP contribution in [0.4, 0.5) is 21.5 Å². The predicted molar refractivity (Wildman–Crippen MR) is 192 cm³/mol. The van der Waals surface area contributed by atoms with Crippen LogP contribution in [0.15, 0.2) is 170 Å². The van der Waals surface area contributed by atoms with Gasteiger partial charge in [0.15, 0.2) is 0 Å². The molecule has 0 saturated heterocycles. The average molecular weight is 602 g/mol. The van der Waals surface area contributed by atoms with Crippen LogP contribution in [0.1, 0.15) is 22.3 Å². The number of para-hydroxylation sites is 1. The molecule has 8 aromatic carbocycles. The van der Waals surface area contributed by atoms with E-state index in [9.17, 15) is 4.39 Å². The Morgan fingerprint density at radius 1 is 0.404 bits per heavy atom. The van der Waals surface area contributed by atoms with Gasteiger partial charge in [-0.1, -0.05) is 133 Å². The zero-order valence-electron chi connectivity index (χ0n) is 25.5. The molecule has 0 bridgehead atoms. The van der Waals surface area contributed by atoms with Gasteiger partial charge in [-0.15, -0.1) is 0 Å². The minimum absolute atomic E-state index is 0.261. The summed E-state index contributed by atoms with van der Waals surface area (Å²) in [5, 5.41) is 4.80. The number of fused-ring (bicyclic) bond motifs is 14. The molecule has 0 saturated carbocycles. The number of hydrogen-bond donors (Lipinski definition) is 0. The Morgan fingerprint density at radius 2 is 1.00 bits per heavy atom. The molecule has 47 heavy (non-hydrogen) atoms. The Morgan fingerprint density at radius 3 is 1.74 bits per heavy atom. The van der Waals surface area contributed by atoms with Crippen molar-refractivity contribution in [3.63, 3.8) is 0 Å². The minimum atomic E-state index is -0.523. The second-order valence-electron chi connectivity index (χ2n) is 12.6. The van der Waals surface area contributed by atoms with E-state index in [1.54, 1.807) is 12.1 Å². The summed E-state index contributed by atoms with van der Waals surface area (Å²) in [5.74, 6) is -0.261. The molecule has 1 spiro atoms. The van der Waals surface area contributed by atoms with Gasteiger partial charge in [0, 0.05) is 16.8 Å². The van der Waals surface area contributed by atoms with Gasteiger partial charge >= 0.3 is 0 Å². The first kappa shape index (κ1) is 26.2. The lowest BCUT2D eigenvalue weighted by molar-refractivity contribution is 0.628. The van der Waals surface area contributed by atoms with Crippen LogP contribution in [0.3, 0.4) is 0 Å². The molecule has 8 aromatic rings. The zero-order valence-corrected chi connectivity index (χ0v) is 25.5. The molecular formula is C45H28FN. The lowest BCUT2D eigenvalue weighted by Crippen LogP contribution is -2.26. The van der Waals surface area contributed by atoms with Crippen molar-refractivity contribution in [3.05, 3.63) is 198 Å². The first-order valence-electron chi connectivity index (χ1n) is 16.1. The van der Waals surface area contributed by atoms with Gasteiger partial charge in [-0.05, 0) is 97.1 Å². The van der Waals surface area contributed by atoms with Gasteiger partial charge in [-0.3, -0.25) is 0 Å². The van der Waals surface area contributed by atoms with Crippen molar-refractivity contribution in [2.45, 2.75) is 5.41 Å². The van der Waals surface area contributed by atoms with Gasteiger partial charge in [0.05, 0.1) is 11.1 Å². The smallest absolute Gasteiger partial charge is 0.125 e. The summed E-state index contributed by atoms with van der Waals surface area (Å²) in [6.07, 6.45) is 0. The lowest BCUT2D eigenvalue weighted by Gasteiger charge is -2.33. The third kappa shape index (κ3) is 3.47. The van der Waals surface area contributed by atoms with Crippen LogP contribution in [0, 0.1) is 5.82 Å². The average Bonchev–Trinajstić information content (AvgIpc) is 3.60. The highest BCUT2D eigenvalue weighted by atomic mass is 19.1. The van der Waals surface area contributed by atoms with Crippen molar-refractivity contribution < 1.29 is 4.39 Å². The maximum absolute atomic E-state index is 15.0. The molecule has 0 heterocycles. The van der Waals surface area contributed by atoms with E-state index in [0.717, 1.165) is 22.4 Å². The number of benzene rings is 8. The molecule has 0 amide bonds. The van der Waals surface area contributed by atoms with E-state index in [4.69, 9.17) is 0 Å². The van der Waals surface area contributed by atoms with Gasteiger partial charge < -0.3 is 4.90 Å². The van der Waals surface area contributed by atoms with Gasteiger partial charge in [0.25, 0.3) is 0 Å². The molecule has 0 unspecified atom stereocenters. The van der Waals surface area contributed by atoms with E-state index in [1.165, 1.54) is 66.7 Å². The van der Waals surface area contributed by atoms with Crippen LogP contribution >= 0.6 is 0 Å². The van der Waals surface area contributed by atoms with Crippen molar-refractivity contribution in [2.24, 2.45) is 0 Å². The SMILES string of the molecule is Fc1cccc(N(c2ccccc2)c2cc3c(c4ccccc24)-c2c(ccc4ccccc24)C32c3ccccc3-c3ccccc32)c1. The van der Waals surface area contributed by atoms with Crippen molar-refractivity contribution in [2.75, 3.05) is 4.90 Å². The molecule has 1 nitrogen and oxygen atoms in total. The first-order chi connectivity index (χ1) is 23.2. The fourth-order valence-corrected chi connectivity index (χ4v) is 8.54. The number of nitrogens with zero attached hydrogens (tertiary/aromatic N) is 1. The Labute approximate surface area is 272 Å². The van der Waals surface area contributed by atoms with Crippen LogP contribution in [-0.4, -0.2) is 0 Å². The molecule has 2 aliphatic rings. The molecule has 2 heteroatoms. The second kappa shape index (κ2) is 9.75. The quantitative estimate of drug-likeness (QED) is 0.195. The maximum atomic E-state index is 15.0. The summed E-state index contributed by atoms with van der Waals surface area (Å²) < 4.78 is 15.0. The standard InChI is InChI=1S/C45H28FN/c46-30-14-12-17-32(27-30)47(31-15-2-1-3-16-31)42-28-41-44(37-22-7-6-21-36(37)42)43-33-18-5-4-13-29(33)25-26-40(43)45(41)38-23-10-8-19-34(38)35-20-9-11-24-39(35)45/h1-28H. The van der Waals surface area contributed by atoms with Gasteiger partial charge in [-0.25, -0.2) is 4.39 Å². The number of hydrogen-bond acceptors (Lipinski definition) is 1. The first-order valence-corrected chi connectivity index (χ1v) is 16.1. The molecule has 220 valence electrons. The molecule has 0 aromatic heterocycles. The summed E-state index contributed by atoms with van der Waals surface area (Å²) in [6.45, 7) is 0. The van der Waals surface area contributed by atoms with Crippen LogP contribution in [0.25, 0.3) is 43.8 Å². The number of halogens is 1. The van der Waals surface area contributed by atoms with Gasteiger partial charge in [0.1, 0.15) is 5.82 Å². The van der Waals surface area contributed by atoms with E-state index in [1.807, 2.05) is 24.3 Å². The molecule has 0 N–H and O–H groups in total. The Hall–Kier alpha value is -5.99. The van der Waals surface area contributed by atoms with E-state index in [0.29, 0.717) is 0 Å². The van der Waals surface area contributed by atoms with Crippen LogP contribution in [0.2, 0.25) is 0 Å². The maximum Gasteiger partial charge on any atom is 0.125 e.